The Hall–Kier alpha value is -2.65. The Bertz CT molecular complexity index is 711. The molecule has 0 saturated carbocycles. The molecular formula is C15H14F4N2O4. The lowest BCUT2D eigenvalue weighted by molar-refractivity contribution is -0.130. The zero-order valence-corrected chi connectivity index (χ0v) is 12.8. The van der Waals surface area contributed by atoms with Gasteiger partial charge in [-0.2, -0.15) is 0 Å². The van der Waals surface area contributed by atoms with Crippen LogP contribution in [0.1, 0.15) is 29.6 Å². The highest BCUT2D eigenvalue weighted by molar-refractivity contribution is 5.92. The van der Waals surface area contributed by atoms with Crippen LogP contribution < -0.4 is 10.6 Å². The number of nitrogens with one attached hydrogen (secondary N) is 2. The van der Waals surface area contributed by atoms with Crippen molar-refractivity contribution in [3.8, 4) is 0 Å². The van der Waals surface area contributed by atoms with Gasteiger partial charge in [-0.15, -0.1) is 0 Å². The van der Waals surface area contributed by atoms with E-state index in [4.69, 9.17) is 0 Å². The lowest BCUT2D eigenvalue weighted by Gasteiger charge is -2.15. The Labute approximate surface area is 139 Å². The van der Waals surface area contributed by atoms with Gasteiger partial charge in [-0.05, 0) is 25.3 Å². The molecule has 1 aliphatic rings. The number of hydrogen-bond donors (Lipinski definition) is 2. The Kier molecular flexibility index (Phi) is 5.94. The van der Waals surface area contributed by atoms with Gasteiger partial charge in [-0.3, -0.25) is 9.59 Å². The molecule has 1 heterocycles. The number of esters is 1. The molecule has 1 saturated heterocycles. The zero-order valence-electron chi connectivity index (χ0n) is 12.8. The summed E-state index contributed by atoms with van der Waals surface area (Å²) < 4.78 is 56.9. The summed E-state index contributed by atoms with van der Waals surface area (Å²) in [7, 11) is 0. The Morgan fingerprint density at radius 1 is 1.16 bits per heavy atom. The van der Waals surface area contributed by atoms with Crippen molar-refractivity contribution in [3.63, 3.8) is 0 Å². The summed E-state index contributed by atoms with van der Waals surface area (Å²) in [6.45, 7) is -0.413. The molecular weight excluding hydrogens is 348 g/mol. The molecule has 1 aromatic rings. The van der Waals surface area contributed by atoms with E-state index >= 15 is 0 Å². The van der Waals surface area contributed by atoms with E-state index < -0.39 is 53.4 Å². The third-order valence-corrected chi connectivity index (χ3v) is 3.53. The number of carbonyl (C=O) groups excluding carboxylic acids is 3. The molecule has 136 valence electrons. The highest BCUT2D eigenvalue weighted by Gasteiger charge is 2.26. The minimum absolute atomic E-state index is 0.132. The molecule has 0 radical (unpaired) electrons. The second-order valence-corrected chi connectivity index (χ2v) is 5.33. The molecule has 0 bridgehead atoms. The van der Waals surface area contributed by atoms with E-state index in [1.807, 2.05) is 0 Å². The van der Waals surface area contributed by atoms with E-state index in [0.717, 1.165) is 6.42 Å². The van der Waals surface area contributed by atoms with Crippen molar-refractivity contribution in [2.45, 2.75) is 25.3 Å². The molecule has 1 aromatic carbocycles. The minimum Gasteiger partial charge on any atom is -0.452 e. The normalized spacial score (nSPS) is 17.4. The van der Waals surface area contributed by atoms with Gasteiger partial charge < -0.3 is 15.4 Å². The van der Waals surface area contributed by atoms with Crippen LogP contribution in [0, 0.1) is 23.3 Å². The number of halogens is 4. The van der Waals surface area contributed by atoms with Crippen LogP contribution in [0.4, 0.5) is 17.6 Å². The molecule has 6 nitrogen and oxygen atoms in total. The first-order chi connectivity index (χ1) is 11.8. The number of ether oxygens (including phenoxy) is 1. The van der Waals surface area contributed by atoms with Crippen LogP contribution in [0.15, 0.2) is 6.07 Å². The average Bonchev–Trinajstić information content (AvgIpc) is 2.78. The first-order valence-electron chi connectivity index (χ1n) is 7.38. The Balaban J connectivity index is 1.95. The lowest BCUT2D eigenvalue weighted by Crippen LogP contribution is -2.46. The maximum atomic E-state index is 13.5. The summed E-state index contributed by atoms with van der Waals surface area (Å²) in [5.74, 6) is -10.7. The van der Waals surface area contributed by atoms with Crippen molar-refractivity contribution in [2.24, 2.45) is 0 Å². The molecule has 1 atom stereocenters. The second-order valence-electron chi connectivity index (χ2n) is 5.33. The van der Waals surface area contributed by atoms with E-state index in [0.29, 0.717) is 19.4 Å². The highest BCUT2D eigenvalue weighted by atomic mass is 19.2. The van der Waals surface area contributed by atoms with E-state index in [2.05, 4.69) is 15.4 Å². The number of amides is 2. The summed E-state index contributed by atoms with van der Waals surface area (Å²) in [6.07, 6.45) is 1.85. The molecule has 1 fully saturated rings. The van der Waals surface area contributed by atoms with Crippen LogP contribution in [-0.2, 0) is 14.3 Å². The van der Waals surface area contributed by atoms with Crippen molar-refractivity contribution in [1.29, 1.82) is 0 Å². The fourth-order valence-corrected chi connectivity index (χ4v) is 2.24. The second kappa shape index (κ2) is 7.95. The van der Waals surface area contributed by atoms with Crippen LogP contribution in [-0.4, -0.2) is 37.0 Å². The standard InChI is InChI=1S/C15H14F4N2O4/c16-8-5-7(11(17)13(19)12(8)18)15(24)25-6-10(22)21-9-3-1-2-4-20-14(9)23/h5,9H,1-4,6H2,(H,20,23)(H,21,22). The number of benzene rings is 1. The van der Waals surface area contributed by atoms with E-state index in [-0.39, 0.29) is 12.0 Å². The van der Waals surface area contributed by atoms with Crippen molar-refractivity contribution in [2.75, 3.05) is 13.2 Å². The fraction of sp³-hybridized carbons (Fsp3) is 0.400. The number of hydrogen-bond acceptors (Lipinski definition) is 4. The van der Waals surface area contributed by atoms with Gasteiger partial charge in [-0.1, -0.05) is 0 Å². The molecule has 10 heteroatoms. The van der Waals surface area contributed by atoms with Crippen molar-refractivity contribution < 1.29 is 36.7 Å². The zero-order chi connectivity index (χ0) is 18.6. The van der Waals surface area contributed by atoms with Gasteiger partial charge in [0.15, 0.2) is 29.9 Å². The molecule has 25 heavy (non-hydrogen) atoms. The Morgan fingerprint density at radius 2 is 1.88 bits per heavy atom. The molecule has 0 spiro atoms. The largest absolute Gasteiger partial charge is 0.452 e. The highest BCUT2D eigenvalue weighted by Crippen LogP contribution is 2.19. The van der Waals surface area contributed by atoms with E-state index in [1.54, 1.807) is 0 Å². The lowest BCUT2D eigenvalue weighted by atomic mass is 10.1. The van der Waals surface area contributed by atoms with Gasteiger partial charge in [0.2, 0.25) is 5.91 Å². The van der Waals surface area contributed by atoms with Crippen molar-refractivity contribution in [1.82, 2.24) is 10.6 Å². The molecule has 0 aliphatic carbocycles. The predicted molar refractivity (Wildman–Crippen MR) is 75.3 cm³/mol. The van der Waals surface area contributed by atoms with Crippen molar-refractivity contribution >= 4 is 17.8 Å². The van der Waals surface area contributed by atoms with Gasteiger partial charge in [0, 0.05) is 6.54 Å². The first kappa shape index (κ1) is 18.7. The predicted octanol–water partition coefficient (Wildman–Crippen LogP) is 1.18. The molecule has 0 aromatic heterocycles. The van der Waals surface area contributed by atoms with Gasteiger partial charge in [0.25, 0.3) is 5.91 Å². The number of carbonyl (C=O) groups is 3. The van der Waals surface area contributed by atoms with Gasteiger partial charge in [0.05, 0.1) is 0 Å². The molecule has 2 amide bonds. The van der Waals surface area contributed by atoms with Gasteiger partial charge >= 0.3 is 5.97 Å². The monoisotopic (exact) mass is 362 g/mol. The van der Waals surface area contributed by atoms with E-state index in [1.165, 1.54) is 0 Å². The molecule has 2 N–H and O–H groups in total. The quantitative estimate of drug-likeness (QED) is 0.365. The summed E-state index contributed by atoms with van der Waals surface area (Å²) in [4.78, 5) is 35.0. The summed E-state index contributed by atoms with van der Waals surface area (Å²) >= 11 is 0. The summed E-state index contributed by atoms with van der Waals surface area (Å²) in [6, 6.07) is -0.668. The maximum absolute atomic E-state index is 13.5. The molecule has 1 aliphatic heterocycles. The third-order valence-electron chi connectivity index (χ3n) is 3.53. The fourth-order valence-electron chi connectivity index (χ4n) is 2.24. The van der Waals surface area contributed by atoms with Crippen LogP contribution in [0.5, 0.6) is 0 Å². The van der Waals surface area contributed by atoms with E-state index in [9.17, 15) is 31.9 Å². The Morgan fingerprint density at radius 3 is 2.60 bits per heavy atom. The maximum Gasteiger partial charge on any atom is 0.341 e. The summed E-state index contributed by atoms with van der Waals surface area (Å²) in [5, 5.41) is 4.92. The smallest absolute Gasteiger partial charge is 0.341 e. The van der Waals surface area contributed by atoms with Gasteiger partial charge in [-0.25, -0.2) is 22.4 Å². The van der Waals surface area contributed by atoms with Crippen LogP contribution in [0.2, 0.25) is 0 Å². The molecule has 2 rings (SSSR count). The van der Waals surface area contributed by atoms with Crippen molar-refractivity contribution in [3.05, 3.63) is 34.9 Å². The van der Waals surface area contributed by atoms with Crippen LogP contribution in [0.25, 0.3) is 0 Å². The van der Waals surface area contributed by atoms with Crippen LogP contribution >= 0.6 is 0 Å². The van der Waals surface area contributed by atoms with Gasteiger partial charge in [0.1, 0.15) is 11.6 Å². The van der Waals surface area contributed by atoms with Crippen LogP contribution in [0.3, 0.4) is 0 Å². The molecule has 1 unspecified atom stereocenters. The first-order valence-corrected chi connectivity index (χ1v) is 7.38. The summed E-state index contributed by atoms with van der Waals surface area (Å²) in [5.41, 5.74) is -1.18. The third kappa shape index (κ3) is 4.46. The number of rotatable bonds is 4. The topological polar surface area (TPSA) is 84.5 Å². The SMILES string of the molecule is O=C(COC(=O)c1cc(F)c(F)c(F)c1F)NC1CCCCNC1=O. The minimum atomic E-state index is -2.16. The average molecular weight is 362 g/mol.